The maximum Gasteiger partial charge on any atom is 0.220 e. The van der Waals surface area contributed by atoms with Crippen molar-refractivity contribution in [2.75, 3.05) is 6.54 Å². The number of aromatic nitrogens is 3. The lowest BCUT2D eigenvalue weighted by molar-refractivity contribution is -0.121. The molecule has 0 radical (unpaired) electrons. The van der Waals surface area contributed by atoms with E-state index in [0.29, 0.717) is 25.8 Å². The Morgan fingerprint density at radius 3 is 3.09 bits per heavy atom. The van der Waals surface area contributed by atoms with Gasteiger partial charge in [0.15, 0.2) is 0 Å². The quantitative estimate of drug-likeness (QED) is 0.829. The van der Waals surface area contributed by atoms with Crippen molar-refractivity contribution in [3.8, 4) is 0 Å². The van der Waals surface area contributed by atoms with Gasteiger partial charge in [0, 0.05) is 31.8 Å². The number of nitrogens with zero attached hydrogens (tertiary/aromatic N) is 3. The third-order valence-electron chi connectivity index (χ3n) is 4.55. The second-order valence-electron chi connectivity index (χ2n) is 6.23. The zero-order valence-electron chi connectivity index (χ0n) is 13.2. The molecule has 7 nitrogen and oxygen atoms in total. The van der Waals surface area contributed by atoms with Crippen LogP contribution in [0.1, 0.15) is 36.6 Å². The summed E-state index contributed by atoms with van der Waals surface area (Å²) in [6, 6.07) is 1.86. The third-order valence-corrected chi connectivity index (χ3v) is 4.55. The third kappa shape index (κ3) is 3.79. The fourth-order valence-electron chi connectivity index (χ4n) is 3.22. The van der Waals surface area contributed by atoms with Gasteiger partial charge >= 0.3 is 0 Å². The minimum atomic E-state index is -0.411. The first-order valence-corrected chi connectivity index (χ1v) is 7.93. The van der Waals surface area contributed by atoms with Crippen molar-refractivity contribution in [1.82, 2.24) is 20.1 Å². The number of aliphatic hydroxyl groups is 1. The largest absolute Gasteiger partial charge is 0.472 e. The van der Waals surface area contributed by atoms with Crippen LogP contribution in [0.5, 0.6) is 0 Å². The number of furan rings is 1. The van der Waals surface area contributed by atoms with Gasteiger partial charge in [0.25, 0.3) is 0 Å². The molecule has 3 rings (SSSR count). The molecule has 3 atom stereocenters. The van der Waals surface area contributed by atoms with Crippen molar-refractivity contribution >= 4 is 5.91 Å². The summed E-state index contributed by atoms with van der Waals surface area (Å²) in [5, 5.41) is 21.2. The number of aryl methyl sites for hydroxylation is 2. The summed E-state index contributed by atoms with van der Waals surface area (Å²) in [6.45, 7) is 0.500. The maximum atomic E-state index is 11.9. The topological polar surface area (TPSA) is 93.2 Å². The highest BCUT2D eigenvalue weighted by Gasteiger charge is 2.35. The smallest absolute Gasteiger partial charge is 0.220 e. The molecule has 1 aliphatic carbocycles. The molecule has 7 heteroatoms. The van der Waals surface area contributed by atoms with Gasteiger partial charge in [-0.25, -0.2) is 0 Å². The van der Waals surface area contributed by atoms with Crippen LogP contribution in [0.4, 0.5) is 0 Å². The van der Waals surface area contributed by atoms with E-state index in [2.05, 4.69) is 15.5 Å². The zero-order chi connectivity index (χ0) is 16.2. The van der Waals surface area contributed by atoms with Crippen LogP contribution in [0.15, 0.2) is 29.3 Å². The van der Waals surface area contributed by atoms with Gasteiger partial charge < -0.3 is 19.4 Å². The maximum absolute atomic E-state index is 11.9. The van der Waals surface area contributed by atoms with Gasteiger partial charge in [0.1, 0.15) is 12.2 Å². The highest BCUT2D eigenvalue weighted by molar-refractivity contribution is 5.76. The second kappa shape index (κ2) is 6.95. The summed E-state index contributed by atoms with van der Waals surface area (Å²) < 4.78 is 6.87. The van der Waals surface area contributed by atoms with Crippen molar-refractivity contribution in [2.45, 2.75) is 37.7 Å². The molecular formula is C16H22N4O3. The highest BCUT2D eigenvalue weighted by atomic mass is 16.3. The van der Waals surface area contributed by atoms with Gasteiger partial charge in [0.05, 0.1) is 18.6 Å². The standard InChI is InChI=1S/C16H22N4O3/c1-20-10-18-19-16(20)12-6-13(14(21)7-12)8-17-15(22)3-2-11-4-5-23-9-11/h4-5,9-10,12-14,21H,2-3,6-8H2,1H3,(H,17,22)/t12-,13+,14+/m0/s1. The number of hydrogen-bond donors (Lipinski definition) is 2. The lowest BCUT2D eigenvalue weighted by Gasteiger charge is -2.15. The first-order valence-electron chi connectivity index (χ1n) is 7.93. The first kappa shape index (κ1) is 15.7. The van der Waals surface area contributed by atoms with Gasteiger partial charge in [0.2, 0.25) is 5.91 Å². The summed E-state index contributed by atoms with van der Waals surface area (Å²) in [4.78, 5) is 11.9. The van der Waals surface area contributed by atoms with E-state index in [1.54, 1.807) is 18.9 Å². The number of hydrogen-bond acceptors (Lipinski definition) is 5. The molecule has 124 valence electrons. The number of amides is 1. The van der Waals surface area contributed by atoms with E-state index in [0.717, 1.165) is 17.8 Å². The van der Waals surface area contributed by atoms with E-state index in [1.807, 2.05) is 17.7 Å². The van der Waals surface area contributed by atoms with E-state index in [9.17, 15) is 9.90 Å². The van der Waals surface area contributed by atoms with E-state index >= 15 is 0 Å². The van der Waals surface area contributed by atoms with Crippen LogP contribution in [0, 0.1) is 5.92 Å². The van der Waals surface area contributed by atoms with Crippen LogP contribution in [0.25, 0.3) is 0 Å². The van der Waals surface area contributed by atoms with Crippen LogP contribution in [0.3, 0.4) is 0 Å². The van der Waals surface area contributed by atoms with Crippen molar-refractivity contribution in [1.29, 1.82) is 0 Å². The Balaban J connectivity index is 1.45. The fourth-order valence-corrected chi connectivity index (χ4v) is 3.22. The van der Waals surface area contributed by atoms with Gasteiger partial charge in [-0.05, 0) is 30.9 Å². The van der Waals surface area contributed by atoms with Crippen molar-refractivity contribution < 1.29 is 14.3 Å². The molecule has 1 fully saturated rings. The number of aliphatic hydroxyl groups excluding tert-OH is 1. The van der Waals surface area contributed by atoms with Gasteiger partial charge in [-0.15, -0.1) is 10.2 Å². The van der Waals surface area contributed by atoms with Gasteiger partial charge in [-0.3, -0.25) is 4.79 Å². The van der Waals surface area contributed by atoms with E-state index < -0.39 is 6.10 Å². The highest BCUT2D eigenvalue weighted by Crippen LogP contribution is 2.37. The molecule has 0 saturated heterocycles. The normalized spacial score (nSPS) is 24.0. The number of carbonyl (C=O) groups is 1. The van der Waals surface area contributed by atoms with E-state index in [-0.39, 0.29) is 17.7 Å². The first-order chi connectivity index (χ1) is 11.1. The summed E-state index contributed by atoms with van der Waals surface area (Å²) >= 11 is 0. The van der Waals surface area contributed by atoms with Crippen molar-refractivity contribution in [3.05, 3.63) is 36.3 Å². The molecule has 23 heavy (non-hydrogen) atoms. The summed E-state index contributed by atoms with van der Waals surface area (Å²) in [6.07, 6.45) is 7.09. The molecule has 1 aliphatic rings. The Bertz CT molecular complexity index is 638. The molecule has 1 saturated carbocycles. The summed E-state index contributed by atoms with van der Waals surface area (Å²) in [5.74, 6) is 1.17. The van der Waals surface area contributed by atoms with Crippen LogP contribution < -0.4 is 5.32 Å². The molecule has 0 spiro atoms. The molecule has 0 aromatic carbocycles. The molecule has 2 aromatic heterocycles. The minimum absolute atomic E-state index is 0.000471. The molecule has 0 bridgehead atoms. The predicted molar refractivity (Wildman–Crippen MR) is 82.5 cm³/mol. The van der Waals surface area contributed by atoms with Crippen LogP contribution >= 0.6 is 0 Å². The Hall–Kier alpha value is -2.15. The van der Waals surface area contributed by atoms with E-state index in [1.165, 1.54) is 0 Å². The Kier molecular flexibility index (Phi) is 4.76. The molecule has 2 aromatic rings. The predicted octanol–water partition coefficient (Wildman–Crippen LogP) is 1.01. The second-order valence-corrected chi connectivity index (χ2v) is 6.23. The Morgan fingerprint density at radius 1 is 1.52 bits per heavy atom. The average Bonchev–Trinajstić information content (AvgIpc) is 3.24. The van der Waals surface area contributed by atoms with Crippen molar-refractivity contribution in [3.63, 3.8) is 0 Å². The van der Waals surface area contributed by atoms with Crippen LogP contribution in [-0.2, 0) is 18.3 Å². The van der Waals surface area contributed by atoms with Crippen LogP contribution in [0.2, 0.25) is 0 Å². The summed E-state index contributed by atoms with van der Waals surface area (Å²) in [7, 11) is 1.91. The van der Waals surface area contributed by atoms with Gasteiger partial charge in [-0.2, -0.15) is 0 Å². The number of nitrogens with one attached hydrogen (secondary N) is 1. The Morgan fingerprint density at radius 2 is 2.39 bits per heavy atom. The molecule has 0 aliphatic heterocycles. The van der Waals surface area contributed by atoms with Gasteiger partial charge in [-0.1, -0.05) is 0 Å². The Labute approximate surface area is 134 Å². The zero-order valence-corrected chi connectivity index (χ0v) is 13.2. The molecule has 2 heterocycles. The average molecular weight is 318 g/mol. The lowest BCUT2D eigenvalue weighted by atomic mass is 10.0. The van der Waals surface area contributed by atoms with Crippen molar-refractivity contribution in [2.24, 2.45) is 13.0 Å². The lowest BCUT2D eigenvalue weighted by Crippen LogP contribution is -2.32. The van der Waals surface area contributed by atoms with Crippen LogP contribution in [-0.4, -0.2) is 38.4 Å². The number of carbonyl (C=O) groups excluding carboxylic acids is 1. The molecular weight excluding hydrogens is 296 g/mol. The van der Waals surface area contributed by atoms with E-state index in [4.69, 9.17) is 4.42 Å². The molecule has 0 unspecified atom stereocenters. The number of rotatable bonds is 6. The fraction of sp³-hybridized carbons (Fsp3) is 0.562. The molecule has 1 amide bonds. The molecule has 2 N–H and O–H groups in total. The summed E-state index contributed by atoms with van der Waals surface area (Å²) in [5.41, 5.74) is 1.02. The minimum Gasteiger partial charge on any atom is -0.472 e. The monoisotopic (exact) mass is 318 g/mol. The SMILES string of the molecule is Cn1cnnc1[C@H]1C[C@H](CNC(=O)CCc2ccoc2)[C@H](O)C1.